The van der Waals surface area contributed by atoms with Gasteiger partial charge in [0.1, 0.15) is 11.6 Å². The van der Waals surface area contributed by atoms with Crippen LogP contribution in [-0.4, -0.2) is 37.4 Å². The summed E-state index contributed by atoms with van der Waals surface area (Å²) in [7, 11) is 0. The monoisotopic (exact) mass is 500 g/mol. The largest absolute Gasteiger partial charge is 0.467 e. The molecule has 1 aromatic heterocycles. The first-order valence-corrected chi connectivity index (χ1v) is 9.20. The van der Waals surface area contributed by atoms with Gasteiger partial charge in [0.25, 0.3) is 0 Å². The van der Waals surface area contributed by atoms with Crippen LogP contribution in [0.2, 0.25) is 0 Å². The zero-order valence-electron chi connectivity index (χ0n) is 15.9. The van der Waals surface area contributed by atoms with Gasteiger partial charge in [-0.3, -0.25) is 9.98 Å². The summed E-state index contributed by atoms with van der Waals surface area (Å²) in [6.07, 6.45) is 3.20. The van der Waals surface area contributed by atoms with Crippen molar-refractivity contribution in [2.24, 2.45) is 4.99 Å². The fourth-order valence-electron chi connectivity index (χ4n) is 2.93. The van der Waals surface area contributed by atoms with Crippen LogP contribution in [0.5, 0.6) is 5.75 Å². The van der Waals surface area contributed by atoms with Crippen molar-refractivity contribution in [3.63, 3.8) is 0 Å². The lowest BCUT2D eigenvalue weighted by molar-refractivity contribution is -0.0172. The van der Waals surface area contributed by atoms with Crippen LogP contribution in [0.4, 0.5) is 4.39 Å². The van der Waals surface area contributed by atoms with Gasteiger partial charge >= 0.3 is 0 Å². The predicted octanol–water partition coefficient (Wildman–Crippen LogP) is 3.05. The molecule has 3 rings (SSSR count). The molecule has 0 spiro atoms. The number of aromatic nitrogens is 1. The van der Waals surface area contributed by atoms with Gasteiger partial charge in [-0.25, -0.2) is 4.39 Å². The van der Waals surface area contributed by atoms with Crippen molar-refractivity contribution < 1.29 is 13.9 Å². The van der Waals surface area contributed by atoms with Crippen molar-refractivity contribution in [2.45, 2.75) is 26.4 Å². The first-order chi connectivity index (χ1) is 13.3. The maximum atomic E-state index is 13.8. The van der Waals surface area contributed by atoms with E-state index in [1.807, 2.05) is 25.1 Å². The van der Waals surface area contributed by atoms with Crippen molar-refractivity contribution in [3.05, 3.63) is 59.2 Å². The highest BCUT2D eigenvalue weighted by Crippen LogP contribution is 2.29. The van der Waals surface area contributed by atoms with Crippen LogP contribution in [0.15, 0.2) is 41.5 Å². The molecule has 0 atom stereocenters. The molecule has 1 aliphatic heterocycles. The zero-order valence-corrected chi connectivity index (χ0v) is 18.2. The second-order valence-electron chi connectivity index (χ2n) is 6.17. The van der Waals surface area contributed by atoms with Crippen LogP contribution in [0.25, 0.3) is 0 Å². The number of hydrogen-bond acceptors (Lipinski definition) is 4. The smallest absolute Gasteiger partial charge is 0.191 e. The minimum atomic E-state index is -0.270. The molecule has 28 heavy (non-hydrogen) atoms. The molecule has 2 aromatic rings. The molecule has 2 N–H and O–H groups in total. The van der Waals surface area contributed by atoms with Gasteiger partial charge in [-0.15, -0.1) is 24.0 Å². The number of hydrogen-bond donors (Lipinski definition) is 2. The van der Waals surface area contributed by atoms with E-state index in [-0.39, 0.29) is 36.6 Å². The zero-order chi connectivity index (χ0) is 18.9. The summed E-state index contributed by atoms with van der Waals surface area (Å²) in [5.41, 5.74) is 2.61. The van der Waals surface area contributed by atoms with Gasteiger partial charge in [0.2, 0.25) is 0 Å². The summed E-state index contributed by atoms with van der Waals surface area (Å²) in [6, 6.07) is 8.86. The maximum Gasteiger partial charge on any atom is 0.191 e. The minimum Gasteiger partial charge on any atom is -0.467 e. The van der Waals surface area contributed by atoms with Crippen LogP contribution in [0.3, 0.4) is 0 Å². The summed E-state index contributed by atoms with van der Waals surface area (Å²) < 4.78 is 24.6. The van der Waals surface area contributed by atoms with Crippen molar-refractivity contribution in [3.8, 4) is 5.75 Å². The number of pyridine rings is 1. The third-order valence-electron chi connectivity index (χ3n) is 4.15. The first kappa shape index (κ1) is 22.4. The topological polar surface area (TPSA) is 67.8 Å². The Balaban J connectivity index is 0.00000280. The molecular formula is C20H26FIN4O2. The Hall–Kier alpha value is -1.94. The molecule has 2 heterocycles. The van der Waals surface area contributed by atoms with E-state index in [1.54, 1.807) is 6.20 Å². The Morgan fingerprint density at radius 1 is 1.25 bits per heavy atom. The standard InChI is InChI=1S/C20H25FN4O2.HI/c1-2-22-20(25-10-7-18-5-3-4-8-23-18)24-9-6-15-11-17(21)12-16-13-26-14-27-19(15)16;/h3-5,8,11-12H,2,6-7,9-10,13-14H2,1H3,(H2,22,24,25);1H. The number of aliphatic imine (C=N–C) groups is 1. The lowest BCUT2D eigenvalue weighted by Crippen LogP contribution is -2.38. The third kappa shape index (κ3) is 6.59. The average molecular weight is 500 g/mol. The summed E-state index contributed by atoms with van der Waals surface area (Å²) in [5.74, 6) is 1.21. The van der Waals surface area contributed by atoms with E-state index in [1.165, 1.54) is 12.1 Å². The fourth-order valence-corrected chi connectivity index (χ4v) is 2.93. The molecule has 0 radical (unpaired) electrons. The van der Waals surface area contributed by atoms with E-state index in [2.05, 4.69) is 20.6 Å². The Kier molecular flexibility index (Phi) is 9.42. The minimum absolute atomic E-state index is 0. The van der Waals surface area contributed by atoms with E-state index in [4.69, 9.17) is 9.47 Å². The molecule has 0 bridgehead atoms. The second-order valence-corrected chi connectivity index (χ2v) is 6.17. The number of rotatable bonds is 7. The molecule has 0 saturated heterocycles. The van der Waals surface area contributed by atoms with Crippen LogP contribution in [0, 0.1) is 5.82 Å². The number of fused-ring (bicyclic) bond motifs is 1. The van der Waals surface area contributed by atoms with Crippen LogP contribution >= 0.6 is 24.0 Å². The maximum absolute atomic E-state index is 13.8. The van der Waals surface area contributed by atoms with Gasteiger partial charge in [0.05, 0.1) is 6.61 Å². The molecule has 6 nitrogen and oxygen atoms in total. The van der Waals surface area contributed by atoms with Gasteiger partial charge in [0, 0.05) is 43.5 Å². The number of nitrogens with zero attached hydrogens (tertiary/aromatic N) is 2. The Morgan fingerprint density at radius 2 is 2.14 bits per heavy atom. The molecule has 1 aromatic carbocycles. The van der Waals surface area contributed by atoms with Gasteiger partial charge < -0.3 is 20.1 Å². The third-order valence-corrected chi connectivity index (χ3v) is 4.15. The predicted molar refractivity (Wildman–Crippen MR) is 118 cm³/mol. The Bertz CT molecular complexity index is 774. The van der Waals surface area contributed by atoms with Gasteiger partial charge in [0.15, 0.2) is 12.8 Å². The van der Waals surface area contributed by atoms with Crippen molar-refractivity contribution >= 4 is 29.9 Å². The molecule has 0 fully saturated rings. The Morgan fingerprint density at radius 3 is 2.93 bits per heavy atom. The highest BCUT2D eigenvalue weighted by molar-refractivity contribution is 14.0. The summed E-state index contributed by atoms with van der Waals surface area (Å²) >= 11 is 0. The molecular weight excluding hydrogens is 474 g/mol. The van der Waals surface area contributed by atoms with Crippen LogP contribution < -0.4 is 15.4 Å². The number of ether oxygens (including phenoxy) is 2. The van der Waals surface area contributed by atoms with Gasteiger partial charge in [-0.2, -0.15) is 0 Å². The lowest BCUT2D eigenvalue weighted by atomic mass is 10.1. The summed E-state index contributed by atoms with van der Waals surface area (Å²) in [5, 5.41) is 6.51. The number of nitrogens with one attached hydrogen (secondary N) is 2. The highest BCUT2D eigenvalue weighted by Gasteiger charge is 2.16. The molecule has 8 heteroatoms. The van der Waals surface area contributed by atoms with Crippen LogP contribution in [0.1, 0.15) is 23.7 Å². The highest BCUT2D eigenvalue weighted by atomic mass is 127. The van der Waals surface area contributed by atoms with Crippen molar-refractivity contribution in [1.82, 2.24) is 15.6 Å². The molecule has 0 saturated carbocycles. The number of halogens is 2. The molecule has 0 aliphatic carbocycles. The average Bonchev–Trinajstić information content (AvgIpc) is 2.68. The number of guanidine groups is 1. The molecule has 1 aliphatic rings. The Labute approximate surface area is 182 Å². The van der Waals surface area contributed by atoms with E-state index in [0.29, 0.717) is 26.1 Å². The van der Waals surface area contributed by atoms with Gasteiger partial charge in [-0.05, 0) is 43.2 Å². The van der Waals surface area contributed by atoms with E-state index < -0.39 is 0 Å². The summed E-state index contributed by atoms with van der Waals surface area (Å²) in [4.78, 5) is 8.88. The van der Waals surface area contributed by atoms with Crippen molar-refractivity contribution in [1.29, 1.82) is 0 Å². The molecule has 0 amide bonds. The molecule has 0 unspecified atom stereocenters. The fraction of sp³-hybridized carbons (Fsp3) is 0.400. The van der Waals surface area contributed by atoms with E-state index in [9.17, 15) is 4.39 Å². The summed E-state index contributed by atoms with van der Waals surface area (Å²) in [6.45, 7) is 4.64. The first-order valence-electron chi connectivity index (χ1n) is 9.20. The SMILES string of the molecule is CCNC(=NCCc1ccccn1)NCCc1cc(F)cc2c1OCOC2.I. The van der Waals surface area contributed by atoms with E-state index >= 15 is 0 Å². The quantitative estimate of drug-likeness (QED) is 0.348. The van der Waals surface area contributed by atoms with Crippen LogP contribution in [-0.2, 0) is 24.2 Å². The normalized spacial score (nSPS) is 13.1. The lowest BCUT2D eigenvalue weighted by Gasteiger charge is -2.21. The van der Waals surface area contributed by atoms with Gasteiger partial charge in [-0.1, -0.05) is 6.07 Å². The number of benzene rings is 1. The molecule has 152 valence electrons. The van der Waals surface area contributed by atoms with Crippen molar-refractivity contribution in [2.75, 3.05) is 26.4 Å². The van der Waals surface area contributed by atoms with E-state index in [0.717, 1.165) is 41.5 Å². The second kappa shape index (κ2) is 11.8.